The summed E-state index contributed by atoms with van der Waals surface area (Å²) in [5, 5.41) is 3.58. The van der Waals surface area contributed by atoms with Crippen LogP contribution in [-0.2, 0) is 0 Å². The topological polar surface area (TPSA) is 12.0 Å². The lowest BCUT2D eigenvalue weighted by atomic mass is 9.86. The molecule has 1 rings (SSSR count). The summed E-state index contributed by atoms with van der Waals surface area (Å²) in [5.41, 5.74) is 0.598. The van der Waals surface area contributed by atoms with Crippen LogP contribution in [0.25, 0.3) is 0 Å². The van der Waals surface area contributed by atoms with Crippen molar-refractivity contribution in [2.24, 2.45) is 5.41 Å². The third-order valence-corrected chi connectivity index (χ3v) is 12.2. The molecular formula is C41H79NS2. The number of rotatable bonds is 36. The Morgan fingerprint density at radius 3 is 1.00 bits per heavy atom. The zero-order chi connectivity index (χ0) is 31.5. The van der Waals surface area contributed by atoms with Crippen LogP contribution in [-0.4, -0.2) is 36.1 Å². The molecule has 44 heavy (non-hydrogen) atoms. The van der Waals surface area contributed by atoms with E-state index in [2.05, 4.69) is 67.0 Å². The molecule has 0 spiro atoms. The van der Waals surface area contributed by atoms with Gasteiger partial charge in [-0.2, -0.15) is 23.5 Å². The van der Waals surface area contributed by atoms with Gasteiger partial charge in [-0.25, -0.2) is 0 Å². The summed E-state index contributed by atoms with van der Waals surface area (Å²) in [7, 11) is 0. The minimum atomic E-state index is 0.598. The smallest absolute Gasteiger partial charge is 0.0133 e. The van der Waals surface area contributed by atoms with E-state index in [1.807, 2.05) is 0 Å². The van der Waals surface area contributed by atoms with Crippen LogP contribution in [0.4, 0.5) is 0 Å². The highest BCUT2D eigenvalue weighted by Gasteiger charge is 2.36. The predicted octanol–water partition coefficient (Wildman–Crippen LogP) is 14.1. The number of nitrogens with one attached hydrogen (secondary N) is 1. The van der Waals surface area contributed by atoms with Crippen LogP contribution in [0.1, 0.15) is 194 Å². The van der Waals surface area contributed by atoms with Crippen molar-refractivity contribution in [3.05, 3.63) is 24.3 Å². The van der Waals surface area contributed by atoms with E-state index < -0.39 is 0 Å². The monoisotopic (exact) mass is 650 g/mol. The van der Waals surface area contributed by atoms with Crippen molar-refractivity contribution < 1.29 is 0 Å². The first kappa shape index (κ1) is 42.2. The Kier molecular flexibility index (Phi) is 33.0. The quantitative estimate of drug-likeness (QED) is 0.0536. The maximum atomic E-state index is 3.58. The Bertz CT molecular complexity index is 564. The molecule has 1 fully saturated rings. The Balaban J connectivity index is 1.81. The molecule has 0 unspecified atom stereocenters. The first-order valence-electron chi connectivity index (χ1n) is 20.0. The highest BCUT2D eigenvalue weighted by Crippen LogP contribution is 2.32. The van der Waals surface area contributed by atoms with Crippen LogP contribution in [0.15, 0.2) is 24.3 Å². The second kappa shape index (κ2) is 34.5. The van der Waals surface area contributed by atoms with Gasteiger partial charge in [-0.15, -0.1) is 0 Å². The second-order valence-electron chi connectivity index (χ2n) is 14.1. The summed E-state index contributed by atoms with van der Waals surface area (Å²) in [6.45, 7) is 7.11. The van der Waals surface area contributed by atoms with Crippen LogP contribution in [0.2, 0.25) is 0 Å². The third-order valence-electron chi connectivity index (χ3n) is 9.42. The minimum absolute atomic E-state index is 0.598. The van der Waals surface area contributed by atoms with E-state index >= 15 is 0 Å². The summed E-state index contributed by atoms with van der Waals surface area (Å²) < 4.78 is 0. The maximum Gasteiger partial charge on any atom is 0.0133 e. The van der Waals surface area contributed by atoms with Crippen molar-refractivity contribution in [1.29, 1.82) is 0 Å². The maximum absolute atomic E-state index is 3.58. The van der Waals surface area contributed by atoms with Crippen LogP contribution in [0, 0.1) is 5.41 Å². The fourth-order valence-corrected chi connectivity index (χ4v) is 8.92. The van der Waals surface area contributed by atoms with Gasteiger partial charge in [-0.3, -0.25) is 0 Å². The molecule has 0 aromatic heterocycles. The lowest BCUT2D eigenvalue weighted by Gasteiger charge is -2.42. The molecule has 0 radical (unpaired) electrons. The van der Waals surface area contributed by atoms with Gasteiger partial charge in [-0.05, 0) is 75.7 Å². The van der Waals surface area contributed by atoms with Gasteiger partial charge in [0.15, 0.2) is 0 Å². The Morgan fingerprint density at radius 1 is 0.409 bits per heavy atom. The van der Waals surface area contributed by atoms with Gasteiger partial charge in [0.05, 0.1) is 0 Å². The molecule has 0 bridgehead atoms. The predicted molar refractivity (Wildman–Crippen MR) is 209 cm³/mol. The molecule has 0 amide bonds. The molecule has 0 aliphatic carbocycles. The van der Waals surface area contributed by atoms with E-state index in [4.69, 9.17) is 0 Å². The lowest BCUT2D eigenvalue weighted by molar-refractivity contribution is 0.240. The van der Waals surface area contributed by atoms with Crippen molar-refractivity contribution in [3.8, 4) is 0 Å². The second-order valence-corrected chi connectivity index (χ2v) is 16.3. The molecule has 1 heterocycles. The molecular weight excluding hydrogens is 571 g/mol. The van der Waals surface area contributed by atoms with E-state index in [-0.39, 0.29) is 0 Å². The van der Waals surface area contributed by atoms with E-state index in [0.717, 1.165) is 0 Å². The van der Waals surface area contributed by atoms with Gasteiger partial charge in [0, 0.05) is 30.0 Å². The highest BCUT2D eigenvalue weighted by atomic mass is 32.2. The molecule has 0 saturated carbocycles. The zero-order valence-electron chi connectivity index (χ0n) is 30.2. The SMILES string of the molecule is CCCCCCCC/C=C\CCCCCCCCSCC1(CSCCCCCCCC/C=C\CCCCCCCC)CNC1. The van der Waals surface area contributed by atoms with Crippen molar-refractivity contribution in [2.45, 2.75) is 194 Å². The standard InChI is InChI=1S/C41H79NS2/c1-3-5-7-9-11-13-15-17-19-21-23-25-27-29-31-33-35-43-39-41(37-42-38-41)40-44-36-34-32-30-28-26-24-22-20-18-16-14-12-10-8-6-4-2/h17-20,42H,3-16,21-40H2,1-2H3/b19-17-,20-18-. The molecule has 0 aromatic carbocycles. The van der Waals surface area contributed by atoms with Crippen molar-refractivity contribution in [3.63, 3.8) is 0 Å². The molecule has 0 atom stereocenters. The lowest BCUT2D eigenvalue weighted by Crippen LogP contribution is -2.56. The zero-order valence-corrected chi connectivity index (χ0v) is 31.8. The van der Waals surface area contributed by atoms with Gasteiger partial charge >= 0.3 is 0 Å². The van der Waals surface area contributed by atoms with Crippen LogP contribution in [0.5, 0.6) is 0 Å². The minimum Gasteiger partial charge on any atom is -0.315 e. The van der Waals surface area contributed by atoms with Gasteiger partial charge in [0.2, 0.25) is 0 Å². The Labute approximate surface area is 287 Å². The average molecular weight is 650 g/mol. The van der Waals surface area contributed by atoms with Crippen LogP contribution in [0.3, 0.4) is 0 Å². The molecule has 1 N–H and O–H groups in total. The third kappa shape index (κ3) is 28.4. The van der Waals surface area contributed by atoms with Gasteiger partial charge < -0.3 is 5.32 Å². The summed E-state index contributed by atoms with van der Waals surface area (Å²) in [6.07, 6.45) is 49.1. The first-order chi connectivity index (χ1) is 21.8. The van der Waals surface area contributed by atoms with E-state index in [9.17, 15) is 0 Å². The summed E-state index contributed by atoms with van der Waals surface area (Å²) in [6, 6.07) is 0. The summed E-state index contributed by atoms with van der Waals surface area (Å²) >= 11 is 4.49. The summed E-state index contributed by atoms with van der Waals surface area (Å²) in [4.78, 5) is 0. The molecule has 1 saturated heterocycles. The summed E-state index contributed by atoms with van der Waals surface area (Å²) in [5.74, 6) is 5.52. The molecule has 1 nitrogen and oxygen atoms in total. The van der Waals surface area contributed by atoms with Gasteiger partial charge in [0.1, 0.15) is 0 Å². The molecule has 1 aliphatic heterocycles. The van der Waals surface area contributed by atoms with Crippen molar-refractivity contribution in [2.75, 3.05) is 36.1 Å². The van der Waals surface area contributed by atoms with E-state index in [1.165, 1.54) is 216 Å². The molecule has 1 aliphatic rings. The number of unbranched alkanes of at least 4 members (excludes halogenated alkanes) is 24. The molecule has 260 valence electrons. The fourth-order valence-electron chi connectivity index (χ4n) is 6.20. The van der Waals surface area contributed by atoms with Crippen LogP contribution >= 0.6 is 23.5 Å². The van der Waals surface area contributed by atoms with Gasteiger partial charge in [-0.1, -0.05) is 154 Å². The Morgan fingerprint density at radius 2 is 0.705 bits per heavy atom. The fraction of sp³-hybridized carbons (Fsp3) is 0.902. The normalized spacial score (nSPS) is 14.7. The molecule has 3 heteroatoms. The first-order valence-corrected chi connectivity index (χ1v) is 22.3. The Hall–Kier alpha value is 0.140. The van der Waals surface area contributed by atoms with E-state index in [0.29, 0.717) is 5.41 Å². The number of allylic oxidation sites excluding steroid dienone is 4. The molecule has 0 aromatic rings. The van der Waals surface area contributed by atoms with Crippen molar-refractivity contribution >= 4 is 23.5 Å². The van der Waals surface area contributed by atoms with Crippen molar-refractivity contribution in [1.82, 2.24) is 5.32 Å². The largest absolute Gasteiger partial charge is 0.315 e. The van der Waals surface area contributed by atoms with Crippen LogP contribution < -0.4 is 5.32 Å². The average Bonchev–Trinajstić information content (AvgIpc) is 3.01. The number of hydrogen-bond donors (Lipinski definition) is 1. The number of hydrogen-bond acceptors (Lipinski definition) is 3. The number of thioether (sulfide) groups is 2. The highest BCUT2D eigenvalue weighted by molar-refractivity contribution is 8.00. The van der Waals surface area contributed by atoms with Gasteiger partial charge in [0.25, 0.3) is 0 Å². The van der Waals surface area contributed by atoms with E-state index in [1.54, 1.807) is 0 Å².